The second-order valence-corrected chi connectivity index (χ2v) is 8.09. The van der Waals surface area contributed by atoms with Crippen molar-refractivity contribution in [2.45, 2.75) is 6.92 Å². The number of urea groups is 1. The summed E-state index contributed by atoms with van der Waals surface area (Å²) in [6, 6.07) is 26.4. The number of nitrogens with zero attached hydrogens (tertiary/aromatic N) is 1. The summed E-state index contributed by atoms with van der Waals surface area (Å²) < 4.78 is 17.0. The number of pyridine rings is 1. The fraction of sp³-hybridized carbons (Fsp3) is 0.0690. The van der Waals surface area contributed by atoms with Crippen LogP contribution in [0.3, 0.4) is 0 Å². The van der Waals surface area contributed by atoms with E-state index in [0.717, 1.165) is 0 Å². The predicted octanol–water partition coefficient (Wildman–Crippen LogP) is 6.97. The maximum absolute atomic E-state index is 12.7. The second kappa shape index (κ2) is 11.2. The molecule has 0 aliphatic heterocycles. The number of carbonyl (C=O) groups is 2. The number of hydrogen-bond acceptors (Lipinski definition) is 6. The van der Waals surface area contributed by atoms with Gasteiger partial charge in [0, 0.05) is 11.9 Å². The van der Waals surface area contributed by atoms with Crippen molar-refractivity contribution >= 4 is 34.4 Å². The van der Waals surface area contributed by atoms with Crippen molar-refractivity contribution in [2.24, 2.45) is 0 Å². The molecule has 190 valence electrons. The lowest BCUT2D eigenvalue weighted by atomic mass is 10.2. The zero-order chi connectivity index (χ0) is 26.3. The molecule has 0 aliphatic rings. The number of rotatable bonds is 8. The van der Waals surface area contributed by atoms with Crippen molar-refractivity contribution in [3.8, 4) is 23.0 Å². The number of H-pyrrole nitrogens is 1. The molecular weight excluding hydrogens is 484 g/mol. The number of ether oxygens (including phenoxy) is 3. The largest absolute Gasteiger partial charge is 0.461 e. The van der Waals surface area contributed by atoms with Crippen LogP contribution in [0.5, 0.6) is 23.0 Å². The van der Waals surface area contributed by atoms with E-state index in [-0.39, 0.29) is 6.61 Å². The van der Waals surface area contributed by atoms with Crippen molar-refractivity contribution in [1.29, 1.82) is 0 Å². The van der Waals surface area contributed by atoms with Gasteiger partial charge in [0.05, 0.1) is 17.7 Å². The Hall–Kier alpha value is -5.31. The number of amides is 2. The average molecular weight is 509 g/mol. The highest BCUT2D eigenvalue weighted by Gasteiger charge is 2.15. The molecule has 0 unspecified atom stereocenters. The Balaban J connectivity index is 1.24. The molecule has 38 heavy (non-hydrogen) atoms. The summed E-state index contributed by atoms with van der Waals surface area (Å²) in [6.45, 7) is 2.02. The van der Waals surface area contributed by atoms with Gasteiger partial charge in [-0.1, -0.05) is 30.3 Å². The van der Waals surface area contributed by atoms with E-state index in [2.05, 4.69) is 20.6 Å². The summed E-state index contributed by atoms with van der Waals surface area (Å²) >= 11 is 0. The molecule has 3 aromatic carbocycles. The Labute approximate surface area is 218 Å². The zero-order valence-electron chi connectivity index (χ0n) is 20.4. The van der Waals surface area contributed by atoms with Crippen LogP contribution >= 0.6 is 0 Å². The summed E-state index contributed by atoms with van der Waals surface area (Å²) in [5.74, 6) is 1.80. The first-order chi connectivity index (χ1) is 18.6. The van der Waals surface area contributed by atoms with Gasteiger partial charge in [-0.3, -0.25) is 0 Å². The standard InChI is InChI=1S/C29H24N4O5/c1-2-36-28(34)24-18-22-25(16-17-30-27(22)32-24)37-21-14-12-19(13-15-21)31-29(35)33-23-10-6-7-11-26(23)38-20-8-4-3-5-9-20/h3-18H,2H2,1H3,(H,30,32)(H2,31,33,35). The Morgan fingerprint density at radius 2 is 1.53 bits per heavy atom. The zero-order valence-corrected chi connectivity index (χ0v) is 20.4. The smallest absolute Gasteiger partial charge is 0.354 e. The van der Waals surface area contributed by atoms with Crippen molar-refractivity contribution in [1.82, 2.24) is 9.97 Å². The van der Waals surface area contributed by atoms with Crippen LogP contribution in [0, 0.1) is 0 Å². The third-order valence-electron chi connectivity index (χ3n) is 5.43. The molecule has 0 aliphatic carbocycles. The minimum Gasteiger partial charge on any atom is -0.461 e. The molecule has 5 aromatic rings. The minimum atomic E-state index is -0.459. The van der Waals surface area contributed by atoms with Gasteiger partial charge in [-0.15, -0.1) is 0 Å². The molecule has 0 saturated heterocycles. The van der Waals surface area contributed by atoms with Gasteiger partial charge >= 0.3 is 12.0 Å². The Morgan fingerprint density at radius 1 is 0.816 bits per heavy atom. The third kappa shape index (κ3) is 5.73. The molecule has 0 spiro atoms. The van der Waals surface area contributed by atoms with Crippen LogP contribution in [0.25, 0.3) is 11.0 Å². The van der Waals surface area contributed by atoms with E-state index in [0.29, 0.717) is 51.1 Å². The lowest BCUT2D eigenvalue weighted by Crippen LogP contribution is -2.19. The van der Waals surface area contributed by atoms with E-state index >= 15 is 0 Å². The van der Waals surface area contributed by atoms with E-state index in [1.165, 1.54) is 0 Å². The van der Waals surface area contributed by atoms with E-state index in [9.17, 15) is 9.59 Å². The number of esters is 1. The summed E-state index contributed by atoms with van der Waals surface area (Å²) in [5, 5.41) is 6.27. The lowest BCUT2D eigenvalue weighted by Gasteiger charge is -2.13. The number of fused-ring (bicyclic) bond motifs is 1. The summed E-state index contributed by atoms with van der Waals surface area (Å²) in [6.07, 6.45) is 1.59. The highest BCUT2D eigenvalue weighted by Crippen LogP contribution is 2.31. The van der Waals surface area contributed by atoms with Gasteiger partial charge in [0.25, 0.3) is 0 Å². The van der Waals surface area contributed by atoms with Crippen molar-refractivity contribution < 1.29 is 23.8 Å². The van der Waals surface area contributed by atoms with E-state index in [1.807, 2.05) is 42.5 Å². The quantitative estimate of drug-likeness (QED) is 0.195. The van der Waals surface area contributed by atoms with E-state index < -0.39 is 12.0 Å². The van der Waals surface area contributed by atoms with Crippen molar-refractivity contribution in [2.75, 3.05) is 17.2 Å². The van der Waals surface area contributed by atoms with Gasteiger partial charge in [0.15, 0.2) is 5.75 Å². The molecule has 3 N–H and O–H groups in total. The molecular formula is C29H24N4O5. The molecule has 2 aromatic heterocycles. The predicted molar refractivity (Wildman–Crippen MR) is 144 cm³/mol. The monoisotopic (exact) mass is 508 g/mol. The Morgan fingerprint density at radius 3 is 2.32 bits per heavy atom. The van der Waals surface area contributed by atoms with Gasteiger partial charge in [0.1, 0.15) is 28.6 Å². The number of nitrogens with one attached hydrogen (secondary N) is 3. The lowest BCUT2D eigenvalue weighted by molar-refractivity contribution is 0.0520. The maximum Gasteiger partial charge on any atom is 0.354 e. The van der Waals surface area contributed by atoms with Gasteiger partial charge in [0.2, 0.25) is 0 Å². The number of hydrogen-bond donors (Lipinski definition) is 3. The molecule has 0 bridgehead atoms. The molecule has 9 nitrogen and oxygen atoms in total. The number of aromatic nitrogens is 2. The van der Waals surface area contributed by atoms with Crippen molar-refractivity contribution in [3.05, 3.63) is 103 Å². The van der Waals surface area contributed by atoms with Gasteiger partial charge in [-0.05, 0) is 67.6 Å². The fourth-order valence-electron chi connectivity index (χ4n) is 3.70. The van der Waals surface area contributed by atoms with Crippen LogP contribution in [0.2, 0.25) is 0 Å². The molecule has 5 rings (SSSR count). The molecule has 9 heteroatoms. The first kappa shape index (κ1) is 24.4. The Kier molecular flexibility index (Phi) is 7.17. The third-order valence-corrected chi connectivity index (χ3v) is 5.43. The van der Waals surface area contributed by atoms with Crippen LogP contribution in [-0.4, -0.2) is 28.6 Å². The highest BCUT2D eigenvalue weighted by molar-refractivity contribution is 6.00. The van der Waals surface area contributed by atoms with Crippen LogP contribution < -0.4 is 20.1 Å². The summed E-state index contributed by atoms with van der Waals surface area (Å²) in [4.78, 5) is 31.9. The maximum atomic E-state index is 12.7. The average Bonchev–Trinajstić information content (AvgIpc) is 3.37. The van der Waals surface area contributed by atoms with Crippen LogP contribution in [0.1, 0.15) is 17.4 Å². The van der Waals surface area contributed by atoms with Crippen molar-refractivity contribution in [3.63, 3.8) is 0 Å². The summed E-state index contributed by atoms with van der Waals surface area (Å²) in [5.41, 5.74) is 1.91. The minimum absolute atomic E-state index is 0.275. The van der Waals surface area contributed by atoms with E-state index in [4.69, 9.17) is 14.2 Å². The van der Waals surface area contributed by atoms with Crippen LogP contribution in [0.15, 0.2) is 97.2 Å². The summed E-state index contributed by atoms with van der Waals surface area (Å²) in [7, 11) is 0. The van der Waals surface area contributed by atoms with Gasteiger partial charge in [-0.25, -0.2) is 14.6 Å². The second-order valence-electron chi connectivity index (χ2n) is 8.09. The highest BCUT2D eigenvalue weighted by atomic mass is 16.5. The first-order valence-corrected chi connectivity index (χ1v) is 11.9. The molecule has 0 atom stereocenters. The first-order valence-electron chi connectivity index (χ1n) is 11.9. The molecule has 2 heterocycles. The number of aromatic amines is 1. The van der Waals surface area contributed by atoms with Crippen LogP contribution in [-0.2, 0) is 4.74 Å². The topological polar surface area (TPSA) is 115 Å². The molecule has 2 amide bonds. The number of para-hydroxylation sites is 3. The molecule has 0 fully saturated rings. The Bertz CT molecular complexity index is 1570. The molecule has 0 saturated carbocycles. The fourth-order valence-corrected chi connectivity index (χ4v) is 3.70. The van der Waals surface area contributed by atoms with Gasteiger partial charge in [-0.2, -0.15) is 0 Å². The van der Waals surface area contributed by atoms with Crippen LogP contribution in [0.4, 0.5) is 16.2 Å². The SMILES string of the molecule is CCOC(=O)c1cc2c(Oc3ccc(NC(=O)Nc4ccccc4Oc4ccccc4)cc3)ccnc2[nH]1. The number of carbonyl (C=O) groups excluding carboxylic acids is 2. The normalized spacial score (nSPS) is 10.6. The molecule has 0 radical (unpaired) electrons. The number of benzene rings is 3. The number of anilines is 2. The van der Waals surface area contributed by atoms with E-state index in [1.54, 1.807) is 61.7 Å². The van der Waals surface area contributed by atoms with Gasteiger partial charge < -0.3 is 29.8 Å².